The fourth-order valence-electron chi connectivity index (χ4n) is 2.46. The molecule has 0 unspecified atom stereocenters. The molecule has 6 heteroatoms. The fourth-order valence-corrected chi connectivity index (χ4v) is 3.42. The SMILES string of the molecule is COc1ccc(C)cc1CSc1nnc2nc(C)cc(C)n12. The topological polar surface area (TPSA) is 52.3 Å². The highest BCUT2D eigenvalue weighted by atomic mass is 32.2. The van der Waals surface area contributed by atoms with Crippen LogP contribution in [0.1, 0.15) is 22.5 Å². The van der Waals surface area contributed by atoms with E-state index in [2.05, 4.69) is 34.2 Å². The minimum atomic E-state index is 0.649. The Kier molecular flexibility index (Phi) is 4.02. The molecular formula is C16H18N4OS. The van der Waals surface area contributed by atoms with Crippen molar-refractivity contribution in [3.63, 3.8) is 0 Å². The van der Waals surface area contributed by atoms with Gasteiger partial charge >= 0.3 is 0 Å². The van der Waals surface area contributed by atoms with Gasteiger partial charge in [0, 0.05) is 22.7 Å². The van der Waals surface area contributed by atoms with Crippen LogP contribution in [0.4, 0.5) is 0 Å². The van der Waals surface area contributed by atoms with Crippen molar-refractivity contribution in [1.82, 2.24) is 19.6 Å². The van der Waals surface area contributed by atoms with Crippen molar-refractivity contribution in [2.45, 2.75) is 31.7 Å². The first-order valence-electron chi connectivity index (χ1n) is 7.04. The predicted octanol–water partition coefficient (Wildman–Crippen LogP) is 3.35. The molecule has 0 radical (unpaired) electrons. The van der Waals surface area contributed by atoms with E-state index in [4.69, 9.17) is 4.74 Å². The van der Waals surface area contributed by atoms with Crippen LogP contribution in [0, 0.1) is 20.8 Å². The number of ether oxygens (including phenoxy) is 1. The molecule has 0 bridgehead atoms. The van der Waals surface area contributed by atoms with Crippen molar-refractivity contribution in [3.8, 4) is 5.75 Å². The molecule has 0 saturated heterocycles. The summed E-state index contributed by atoms with van der Waals surface area (Å²) in [5.41, 5.74) is 4.42. The maximum atomic E-state index is 5.43. The highest BCUT2D eigenvalue weighted by Crippen LogP contribution is 2.28. The third-order valence-corrected chi connectivity index (χ3v) is 4.43. The number of rotatable bonds is 4. The normalized spacial score (nSPS) is 11.1. The predicted molar refractivity (Wildman–Crippen MR) is 87.5 cm³/mol. The zero-order valence-electron chi connectivity index (χ0n) is 13.1. The third-order valence-electron chi connectivity index (χ3n) is 3.46. The van der Waals surface area contributed by atoms with Gasteiger partial charge in [0.15, 0.2) is 5.16 Å². The van der Waals surface area contributed by atoms with Crippen LogP contribution in [0.3, 0.4) is 0 Å². The van der Waals surface area contributed by atoms with Crippen molar-refractivity contribution in [2.75, 3.05) is 7.11 Å². The van der Waals surface area contributed by atoms with Gasteiger partial charge in [-0.25, -0.2) is 4.98 Å². The van der Waals surface area contributed by atoms with E-state index >= 15 is 0 Å². The van der Waals surface area contributed by atoms with Gasteiger partial charge in [0.2, 0.25) is 0 Å². The summed E-state index contributed by atoms with van der Waals surface area (Å²) in [5, 5.41) is 9.28. The molecular weight excluding hydrogens is 296 g/mol. The Bertz CT molecular complexity index is 828. The van der Waals surface area contributed by atoms with Crippen LogP contribution in [-0.4, -0.2) is 26.7 Å². The van der Waals surface area contributed by atoms with Crippen molar-refractivity contribution in [2.24, 2.45) is 0 Å². The molecule has 0 atom stereocenters. The molecule has 1 aromatic carbocycles. The van der Waals surface area contributed by atoms with E-state index in [0.29, 0.717) is 5.78 Å². The molecule has 0 spiro atoms. The minimum absolute atomic E-state index is 0.649. The Morgan fingerprint density at radius 3 is 2.73 bits per heavy atom. The van der Waals surface area contributed by atoms with Crippen molar-refractivity contribution in [3.05, 3.63) is 46.8 Å². The minimum Gasteiger partial charge on any atom is -0.496 e. The summed E-state index contributed by atoms with van der Waals surface area (Å²) in [4.78, 5) is 4.41. The summed E-state index contributed by atoms with van der Waals surface area (Å²) in [7, 11) is 1.70. The van der Waals surface area contributed by atoms with Crippen LogP contribution in [0.25, 0.3) is 5.78 Å². The molecule has 0 aliphatic carbocycles. The molecule has 2 heterocycles. The molecule has 2 aromatic heterocycles. The van der Waals surface area contributed by atoms with Crippen molar-refractivity contribution in [1.29, 1.82) is 0 Å². The Hall–Kier alpha value is -2.08. The van der Waals surface area contributed by atoms with Gasteiger partial charge < -0.3 is 4.74 Å². The molecule has 0 saturated carbocycles. The van der Waals surface area contributed by atoms with Gasteiger partial charge in [0.05, 0.1) is 7.11 Å². The summed E-state index contributed by atoms with van der Waals surface area (Å²) in [6.45, 7) is 6.09. The Morgan fingerprint density at radius 1 is 1.14 bits per heavy atom. The first-order valence-corrected chi connectivity index (χ1v) is 8.02. The van der Waals surface area contributed by atoms with E-state index in [0.717, 1.165) is 33.6 Å². The molecule has 3 aromatic rings. The first kappa shape index (κ1) is 14.8. The highest BCUT2D eigenvalue weighted by Gasteiger charge is 2.12. The van der Waals surface area contributed by atoms with Gasteiger partial charge in [-0.2, -0.15) is 0 Å². The third kappa shape index (κ3) is 2.78. The average molecular weight is 314 g/mol. The number of thioether (sulfide) groups is 1. The quantitative estimate of drug-likeness (QED) is 0.691. The number of fused-ring (bicyclic) bond motifs is 1. The molecule has 114 valence electrons. The Labute approximate surface area is 133 Å². The lowest BCUT2D eigenvalue weighted by Gasteiger charge is -2.09. The molecule has 0 fully saturated rings. The van der Waals surface area contributed by atoms with Gasteiger partial charge in [0.25, 0.3) is 5.78 Å². The molecule has 22 heavy (non-hydrogen) atoms. The maximum Gasteiger partial charge on any atom is 0.256 e. The number of hydrogen-bond donors (Lipinski definition) is 0. The number of nitrogens with zero attached hydrogens (tertiary/aromatic N) is 4. The highest BCUT2D eigenvalue weighted by molar-refractivity contribution is 7.98. The van der Waals surface area contributed by atoms with Gasteiger partial charge in [0.1, 0.15) is 5.75 Å². The lowest BCUT2D eigenvalue weighted by Crippen LogP contribution is -1.98. The zero-order valence-corrected chi connectivity index (χ0v) is 13.9. The lowest BCUT2D eigenvalue weighted by atomic mass is 10.1. The van der Waals surface area contributed by atoms with Gasteiger partial charge in [-0.3, -0.25) is 4.40 Å². The van der Waals surface area contributed by atoms with E-state index in [1.54, 1.807) is 18.9 Å². The van der Waals surface area contributed by atoms with Gasteiger partial charge in [-0.1, -0.05) is 29.5 Å². The molecule has 0 N–H and O–H groups in total. The molecule has 0 amide bonds. The molecule has 3 rings (SSSR count). The second-order valence-corrected chi connectivity index (χ2v) is 6.20. The number of aryl methyl sites for hydroxylation is 3. The molecule has 0 aliphatic heterocycles. The summed E-state index contributed by atoms with van der Waals surface area (Å²) in [6.07, 6.45) is 0. The Morgan fingerprint density at radius 2 is 1.95 bits per heavy atom. The summed E-state index contributed by atoms with van der Waals surface area (Å²) in [5.74, 6) is 2.33. The van der Waals surface area contributed by atoms with Gasteiger partial charge in [-0.05, 0) is 32.9 Å². The first-order chi connectivity index (χ1) is 10.6. The summed E-state index contributed by atoms with van der Waals surface area (Å²) >= 11 is 1.64. The maximum absolute atomic E-state index is 5.43. The fraction of sp³-hybridized carbons (Fsp3) is 0.312. The number of methoxy groups -OCH3 is 1. The summed E-state index contributed by atoms with van der Waals surface area (Å²) < 4.78 is 7.41. The van der Waals surface area contributed by atoms with Crippen molar-refractivity contribution < 1.29 is 4.74 Å². The molecule has 5 nitrogen and oxygen atoms in total. The number of benzene rings is 1. The summed E-state index contributed by atoms with van der Waals surface area (Å²) in [6, 6.07) is 8.23. The standard InChI is InChI=1S/C16H18N4OS/c1-10-5-6-14(21-4)13(7-10)9-22-16-19-18-15-17-11(2)8-12(3)20(15)16/h5-8H,9H2,1-4H3. The van der Waals surface area contributed by atoms with Crippen LogP contribution in [0.5, 0.6) is 5.75 Å². The van der Waals surface area contributed by atoms with E-state index < -0.39 is 0 Å². The lowest BCUT2D eigenvalue weighted by molar-refractivity contribution is 0.411. The Balaban J connectivity index is 1.90. The zero-order chi connectivity index (χ0) is 15.7. The smallest absolute Gasteiger partial charge is 0.256 e. The second-order valence-electron chi connectivity index (χ2n) is 5.26. The number of aromatic nitrogens is 4. The van der Waals surface area contributed by atoms with E-state index in [-0.39, 0.29) is 0 Å². The van der Waals surface area contributed by atoms with Crippen LogP contribution >= 0.6 is 11.8 Å². The van der Waals surface area contributed by atoms with E-state index in [1.165, 1.54) is 5.56 Å². The van der Waals surface area contributed by atoms with Crippen molar-refractivity contribution >= 4 is 17.5 Å². The van der Waals surface area contributed by atoms with Gasteiger partial charge in [-0.15, -0.1) is 10.2 Å². The largest absolute Gasteiger partial charge is 0.496 e. The van der Waals surface area contributed by atoms with Crippen LogP contribution < -0.4 is 4.74 Å². The van der Waals surface area contributed by atoms with Crippen LogP contribution in [0.15, 0.2) is 29.4 Å². The van der Waals surface area contributed by atoms with E-state index in [9.17, 15) is 0 Å². The van der Waals surface area contributed by atoms with Crippen LogP contribution in [-0.2, 0) is 5.75 Å². The number of hydrogen-bond acceptors (Lipinski definition) is 5. The average Bonchev–Trinajstić information content (AvgIpc) is 2.88. The van der Waals surface area contributed by atoms with Crippen LogP contribution in [0.2, 0.25) is 0 Å². The monoisotopic (exact) mass is 314 g/mol. The van der Waals surface area contributed by atoms with E-state index in [1.807, 2.05) is 30.4 Å². The second kappa shape index (κ2) is 5.96. The molecule has 0 aliphatic rings.